The molecule has 3 N–H and O–H groups in total. The van der Waals surface area contributed by atoms with Crippen molar-refractivity contribution in [3.05, 3.63) is 88.4 Å². The molecule has 0 fully saturated rings. The number of halogens is 1. The second-order valence-corrected chi connectivity index (χ2v) is 9.00. The van der Waals surface area contributed by atoms with Crippen LogP contribution in [0.2, 0.25) is 5.02 Å². The summed E-state index contributed by atoms with van der Waals surface area (Å²) in [6.45, 7) is 2.88. The molecule has 0 radical (unpaired) electrons. The second-order valence-electron chi connectivity index (χ2n) is 8.56. The first-order valence-electron chi connectivity index (χ1n) is 10.6. The van der Waals surface area contributed by atoms with E-state index < -0.39 is 23.5 Å². The standard InChI is InChI=1S/C26H23ClN2O5/c1-26(2,24(31)32)29-23(30)15-11-16(27)13-17(12-15)28-25(33)34-14-22-20-9-5-3-7-18(20)19-8-4-6-10-21(19)22/h3-13,22H,14H2,1-2H3,(H,28,33)(H,29,30)(H,31,32). The van der Waals surface area contributed by atoms with E-state index in [1.807, 2.05) is 36.4 Å². The highest BCUT2D eigenvalue weighted by Crippen LogP contribution is 2.44. The summed E-state index contributed by atoms with van der Waals surface area (Å²) in [6.07, 6.45) is -0.693. The highest BCUT2D eigenvalue weighted by atomic mass is 35.5. The number of nitrogens with one attached hydrogen (secondary N) is 2. The number of anilines is 1. The average Bonchev–Trinajstić information content (AvgIpc) is 3.10. The molecular formula is C26H23ClN2O5. The zero-order valence-electron chi connectivity index (χ0n) is 18.6. The average molecular weight is 479 g/mol. The van der Waals surface area contributed by atoms with Crippen molar-refractivity contribution in [2.75, 3.05) is 11.9 Å². The Hall–Kier alpha value is -3.84. The number of aliphatic carboxylic acids is 1. The number of carbonyl (C=O) groups is 3. The number of hydrogen-bond donors (Lipinski definition) is 3. The number of ether oxygens (including phenoxy) is 1. The molecule has 2 amide bonds. The topological polar surface area (TPSA) is 105 Å². The van der Waals surface area contributed by atoms with Gasteiger partial charge in [0.2, 0.25) is 0 Å². The smallest absolute Gasteiger partial charge is 0.411 e. The van der Waals surface area contributed by atoms with Gasteiger partial charge in [0.05, 0.1) is 0 Å². The third-order valence-corrected chi connectivity index (χ3v) is 5.93. The van der Waals surface area contributed by atoms with Gasteiger partial charge in [0.25, 0.3) is 5.91 Å². The van der Waals surface area contributed by atoms with Crippen LogP contribution in [0.5, 0.6) is 0 Å². The molecule has 7 nitrogen and oxygen atoms in total. The molecule has 0 saturated carbocycles. The van der Waals surface area contributed by atoms with Crippen LogP contribution in [0.3, 0.4) is 0 Å². The fourth-order valence-corrected chi connectivity index (χ4v) is 4.19. The summed E-state index contributed by atoms with van der Waals surface area (Å²) in [6, 6.07) is 20.3. The summed E-state index contributed by atoms with van der Waals surface area (Å²) in [7, 11) is 0. The quantitative estimate of drug-likeness (QED) is 0.446. The van der Waals surface area contributed by atoms with Crippen LogP contribution in [-0.2, 0) is 9.53 Å². The third-order valence-electron chi connectivity index (χ3n) is 5.71. The molecule has 1 aliphatic carbocycles. The summed E-state index contributed by atoms with van der Waals surface area (Å²) in [5, 5.41) is 14.4. The van der Waals surface area contributed by atoms with Gasteiger partial charge in [-0.25, -0.2) is 9.59 Å². The lowest BCUT2D eigenvalue weighted by molar-refractivity contribution is -0.143. The molecule has 0 aliphatic heterocycles. The first-order valence-corrected chi connectivity index (χ1v) is 11.0. The number of hydrogen-bond acceptors (Lipinski definition) is 4. The van der Waals surface area contributed by atoms with Gasteiger partial charge in [-0.2, -0.15) is 0 Å². The van der Waals surface area contributed by atoms with E-state index in [2.05, 4.69) is 22.8 Å². The van der Waals surface area contributed by atoms with Crippen LogP contribution >= 0.6 is 11.6 Å². The van der Waals surface area contributed by atoms with Crippen molar-refractivity contribution >= 4 is 35.3 Å². The van der Waals surface area contributed by atoms with Crippen LogP contribution < -0.4 is 10.6 Å². The van der Waals surface area contributed by atoms with E-state index in [1.54, 1.807) is 0 Å². The Morgan fingerprint density at radius 3 is 2.15 bits per heavy atom. The van der Waals surface area contributed by atoms with E-state index in [1.165, 1.54) is 32.0 Å². The van der Waals surface area contributed by atoms with Crippen molar-refractivity contribution in [3.8, 4) is 11.1 Å². The zero-order valence-corrected chi connectivity index (χ0v) is 19.3. The minimum atomic E-state index is -1.47. The monoisotopic (exact) mass is 478 g/mol. The summed E-state index contributed by atoms with van der Waals surface area (Å²) in [5.41, 5.74) is 3.33. The molecule has 0 atom stereocenters. The molecule has 0 spiro atoms. The Morgan fingerprint density at radius 2 is 1.56 bits per heavy atom. The molecular weight excluding hydrogens is 456 g/mol. The van der Waals surface area contributed by atoms with Crippen LogP contribution in [0.4, 0.5) is 10.5 Å². The molecule has 3 aromatic carbocycles. The molecule has 0 aromatic heterocycles. The molecule has 0 heterocycles. The van der Waals surface area contributed by atoms with Gasteiger partial charge >= 0.3 is 12.1 Å². The number of amides is 2. The molecule has 3 aromatic rings. The van der Waals surface area contributed by atoms with Gasteiger partial charge in [-0.3, -0.25) is 10.1 Å². The molecule has 34 heavy (non-hydrogen) atoms. The largest absolute Gasteiger partial charge is 0.480 e. The molecule has 8 heteroatoms. The minimum absolute atomic E-state index is 0.0860. The first kappa shape index (κ1) is 23.3. The maximum atomic E-state index is 12.5. The Morgan fingerprint density at radius 1 is 0.971 bits per heavy atom. The fourth-order valence-electron chi connectivity index (χ4n) is 3.95. The SMILES string of the molecule is CC(C)(NC(=O)c1cc(Cl)cc(NC(=O)OCC2c3ccccc3-c3ccccc32)c1)C(=O)O. The van der Waals surface area contributed by atoms with Crippen molar-refractivity contribution in [1.29, 1.82) is 0 Å². The number of benzene rings is 3. The summed E-state index contributed by atoms with van der Waals surface area (Å²) < 4.78 is 5.52. The van der Waals surface area contributed by atoms with Crippen molar-refractivity contribution in [2.45, 2.75) is 25.3 Å². The Labute approximate surface area is 201 Å². The molecule has 4 rings (SSSR count). The van der Waals surface area contributed by atoms with E-state index in [-0.39, 0.29) is 28.8 Å². The summed E-state index contributed by atoms with van der Waals surface area (Å²) in [4.78, 5) is 36.3. The van der Waals surface area contributed by atoms with E-state index >= 15 is 0 Å². The fraction of sp³-hybridized carbons (Fsp3) is 0.192. The lowest BCUT2D eigenvalue weighted by Gasteiger charge is -2.21. The minimum Gasteiger partial charge on any atom is -0.480 e. The number of rotatable bonds is 6. The highest BCUT2D eigenvalue weighted by molar-refractivity contribution is 6.31. The van der Waals surface area contributed by atoms with Crippen LogP contribution in [0, 0.1) is 0 Å². The van der Waals surface area contributed by atoms with E-state index in [4.69, 9.17) is 16.3 Å². The second kappa shape index (κ2) is 9.19. The highest BCUT2D eigenvalue weighted by Gasteiger charge is 2.30. The van der Waals surface area contributed by atoms with Crippen molar-refractivity contribution in [3.63, 3.8) is 0 Å². The van der Waals surface area contributed by atoms with Crippen molar-refractivity contribution in [2.24, 2.45) is 0 Å². The predicted molar refractivity (Wildman–Crippen MR) is 129 cm³/mol. The molecule has 1 aliphatic rings. The van der Waals surface area contributed by atoms with E-state index in [9.17, 15) is 19.5 Å². The van der Waals surface area contributed by atoms with Gasteiger partial charge < -0.3 is 15.2 Å². The number of fused-ring (bicyclic) bond motifs is 3. The van der Waals surface area contributed by atoms with Crippen LogP contribution in [0.15, 0.2) is 66.7 Å². The van der Waals surface area contributed by atoms with Gasteiger partial charge in [-0.05, 0) is 54.3 Å². The lowest BCUT2D eigenvalue weighted by Crippen LogP contribution is -2.49. The van der Waals surface area contributed by atoms with E-state index in [0.717, 1.165) is 22.3 Å². The van der Waals surface area contributed by atoms with Gasteiger partial charge in [0.1, 0.15) is 12.1 Å². The molecule has 0 saturated heterocycles. The van der Waals surface area contributed by atoms with Crippen LogP contribution in [0.1, 0.15) is 41.3 Å². The normalized spacial score (nSPS) is 12.4. The first-order chi connectivity index (χ1) is 16.2. The summed E-state index contributed by atoms with van der Waals surface area (Å²) >= 11 is 6.12. The molecule has 0 unspecified atom stereocenters. The Kier molecular flexibility index (Phi) is 6.30. The predicted octanol–water partition coefficient (Wildman–Crippen LogP) is 5.29. The van der Waals surface area contributed by atoms with Gasteiger partial charge in [-0.15, -0.1) is 0 Å². The van der Waals surface area contributed by atoms with Gasteiger partial charge in [-0.1, -0.05) is 60.1 Å². The maximum absolute atomic E-state index is 12.5. The summed E-state index contributed by atoms with van der Waals surface area (Å²) in [5.74, 6) is -1.90. The van der Waals surface area contributed by atoms with Gasteiger partial charge in [0.15, 0.2) is 0 Å². The molecule has 174 valence electrons. The Bertz CT molecular complexity index is 1240. The van der Waals surface area contributed by atoms with Crippen molar-refractivity contribution in [1.82, 2.24) is 5.32 Å². The lowest BCUT2D eigenvalue weighted by atomic mass is 9.98. The maximum Gasteiger partial charge on any atom is 0.411 e. The van der Waals surface area contributed by atoms with Crippen LogP contribution in [-0.4, -0.2) is 35.2 Å². The molecule has 0 bridgehead atoms. The van der Waals surface area contributed by atoms with E-state index in [0.29, 0.717) is 0 Å². The van der Waals surface area contributed by atoms with Crippen molar-refractivity contribution < 1.29 is 24.2 Å². The number of carboxylic acids is 1. The van der Waals surface area contributed by atoms with Gasteiger partial charge in [0, 0.05) is 22.2 Å². The number of carbonyl (C=O) groups excluding carboxylic acids is 2. The van der Waals surface area contributed by atoms with Crippen LogP contribution in [0.25, 0.3) is 11.1 Å². The third kappa shape index (κ3) is 4.75. The Balaban J connectivity index is 1.45. The zero-order chi connectivity index (χ0) is 24.5. The number of carboxylic acid groups (broad SMARTS) is 1.